The zero-order valence-corrected chi connectivity index (χ0v) is 8.89. The van der Waals surface area contributed by atoms with Gasteiger partial charge in [-0.05, 0) is 44.0 Å². The zero-order chi connectivity index (χ0) is 10.1. The van der Waals surface area contributed by atoms with Gasteiger partial charge in [0.15, 0.2) is 0 Å². The van der Waals surface area contributed by atoms with E-state index in [2.05, 4.69) is 56.1 Å². The molecule has 0 saturated carbocycles. The van der Waals surface area contributed by atoms with Crippen molar-refractivity contribution in [1.82, 2.24) is 4.98 Å². The number of benzene rings is 1. The maximum Gasteiger partial charge on any atom is 0.0461 e. The molecule has 0 unspecified atom stereocenters. The second-order valence-electron chi connectivity index (χ2n) is 3.82. The van der Waals surface area contributed by atoms with Gasteiger partial charge in [-0.15, -0.1) is 0 Å². The van der Waals surface area contributed by atoms with E-state index in [-0.39, 0.29) is 0 Å². The van der Waals surface area contributed by atoms with Crippen LogP contribution in [0.3, 0.4) is 0 Å². The third kappa shape index (κ3) is 1.46. The summed E-state index contributed by atoms with van der Waals surface area (Å²) < 4.78 is 0. The van der Waals surface area contributed by atoms with Gasteiger partial charge >= 0.3 is 0 Å². The van der Waals surface area contributed by atoms with Crippen molar-refractivity contribution in [2.45, 2.75) is 20.8 Å². The predicted octanol–water partition coefficient (Wildman–Crippen LogP) is 3.61. The van der Waals surface area contributed by atoms with Gasteiger partial charge in [-0.25, -0.2) is 0 Å². The second-order valence-corrected chi connectivity index (χ2v) is 3.82. The Bertz CT molecular complexity index is 432. The lowest BCUT2D eigenvalue weighted by Crippen LogP contribution is -1.87. The summed E-state index contributed by atoms with van der Waals surface area (Å²) in [5.74, 6) is 0. The Morgan fingerprint density at radius 2 is 1.50 bits per heavy atom. The van der Waals surface area contributed by atoms with E-state index in [1.807, 2.05) is 0 Å². The van der Waals surface area contributed by atoms with Crippen molar-refractivity contribution in [2.24, 2.45) is 0 Å². The molecule has 1 N–H and O–H groups in total. The smallest absolute Gasteiger partial charge is 0.0461 e. The van der Waals surface area contributed by atoms with Gasteiger partial charge in [0.1, 0.15) is 0 Å². The van der Waals surface area contributed by atoms with E-state index >= 15 is 0 Å². The molecule has 0 radical (unpaired) electrons. The van der Waals surface area contributed by atoms with E-state index < -0.39 is 0 Å². The molecule has 0 aliphatic carbocycles. The molecule has 72 valence electrons. The topological polar surface area (TPSA) is 15.8 Å². The molecule has 0 bridgehead atoms. The Kier molecular flexibility index (Phi) is 2.16. The van der Waals surface area contributed by atoms with Gasteiger partial charge in [0.05, 0.1) is 0 Å². The SMILES string of the molecule is Cc1ccc(-c2c(C)cccc2C)[nH]1. The van der Waals surface area contributed by atoms with E-state index in [4.69, 9.17) is 0 Å². The summed E-state index contributed by atoms with van der Waals surface area (Å²) in [5, 5.41) is 0. The molecule has 1 aromatic heterocycles. The molecule has 0 spiro atoms. The highest BCUT2D eigenvalue weighted by Crippen LogP contribution is 2.25. The second kappa shape index (κ2) is 3.33. The van der Waals surface area contributed by atoms with Crippen LogP contribution >= 0.6 is 0 Å². The molecule has 0 aliphatic rings. The van der Waals surface area contributed by atoms with Gasteiger partial charge in [0, 0.05) is 17.0 Å². The van der Waals surface area contributed by atoms with Crippen LogP contribution in [-0.4, -0.2) is 4.98 Å². The summed E-state index contributed by atoms with van der Waals surface area (Å²) in [6.45, 7) is 6.38. The van der Waals surface area contributed by atoms with E-state index in [0.29, 0.717) is 0 Å². The first-order valence-corrected chi connectivity index (χ1v) is 4.90. The van der Waals surface area contributed by atoms with Crippen LogP contribution < -0.4 is 0 Å². The summed E-state index contributed by atoms with van der Waals surface area (Å²) >= 11 is 0. The van der Waals surface area contributed by atoms with Crippen molar-refractivity contribution >= 4 is 0 Å². The minimum Gasteiger partial charge on any atom is -0.359 e. The van der Waals surface area contributed by atoms with Crippen molar-refractivity contribution in [3.8, 4) is 11.3 Å². The van der Waals surface area contributed by atoms with Gasteiger partial charge in [-0.2, -0.15) is 0 Å². The third-order valence-corrected chi connectivity index (χ3v) is 2.58. The first-order chi connectivity index (χ1) is 6.68. The number of rotatable bonds is 1. The molecule has 0 fully saturated rings. The van der Waals surface area contributed by atoms with Crippen LogP contribution in [0.1, 0.15) is 16.8 Å². The number of aromatic nitrogens is 1. The van der Waals surface area contributed by atoms with Gasteiger partial charge in [0.2, 0.25) is 0 Å². The van der Waals surface area contributed by atoms with Crippen molar-refractivity contribution < 1.29 is 0 Å². The van der Waals surface area contributed by atoms with Crippen LogP contribution in [0.25, 0.3) is 11.3 Å². The Hall–Kier alpha value is -1.50. The number of aryl methyl sites for hydroxylation is 3. The number of hydrogen-bond acceptors (Lipinski definition) is 0. The molecule has 14 heavy (non-hydrogen) atoms. The average Bonchev–Trinajstić information content (AvgIpc) is 2.51. The Balaban J connectivity index is 2.61. The van der Waals surface area contributed by atoms with E-state index in [0.717, 1.165) is 0 Å². The van der Waals surface area contributed by atoms with E-state index in [1.54, 1.807) is 0 Å². The van der Waals surface area contributed by atoms with Crippen LogP contribution in [0.4, 0.5) is 0 Å². The lowest BCUT2D eigenvalue weighted by atomic mass is 10.0. The maximum atomic E-state index is 3.37. The fourth-order valence-corrected chi connectivity index (χ4v) is 1.89. The fourth-order valence-electron chi connectivity index (χ4n) is 1.89. The molecular weight excluding hydrogens is 170 g/mol. The highest BCUT2D eigenvalue weighted by molar-refractivity contribution is 5.67. The number of nitrogens with one attached hydrogen (secondary N) is 1. The highest BCUT2D eigenvalue weighted by atomic mass is 14.7. The zero-order valence-electron chi connectivity index (χ0n) is 8.89. The van der Waals surface area contributed by atoms with Crippen LogP contribution in [0.5, 0.6) is 0 Å². The molecule has 2 rings (SSSR count). The van der Waals surface area contributed by atoms with Crippen LogP contribution in [0.2, 0.25) is 0 Å². The molecule has 0 atom stereocenters. The van der Waals surface area contributed by atoms with Gasteiger partial charge in [-0.3, -0.25) is 0 Å². The first kappa shape index (κ1) is 9.07. The molecule has 1 heteroatoms. The van der Waals surface area contributed by atoms with Crippen LogP contribution in [-0.2, 0) is 0 Å². The average molecular weight is 185 g/mol. The quantitative estimate of drug-likeness (QED) is 0.698. The molecule has 1 aromatic carbocycles. The molecule has 1 nitrogen and oxygen atoms in total. The molecule has 0 saturated heterocycles. The molecule has 0 aliphatic heterocycles. The Morgan fingerprint density at radius 3 is 2.00 bits per heavy atom. The van der Waals surface area contributed by atoms with Crippen molar-refractivity contribution in [3.63, 3.8) is 0 Å². The standard InChI is InChI=1S/C13H15N/c1-9-5-4-6-10(2)13(9)12-8-7-11(3)14-12/h4-8,14H,1-3H3. The third-order valence-electron chi connectivity index (χ3n) is 2.58. The summed E-state index contributed by atoms with van der Waals surface area (Å²) in [6.07, 6.45) is 0. The number of H-pyrrole nitrogens is 1. The van der Waals surface area contributed by atoms with Gasteiger partial charge in [0.25, 0.3) is 0 Å². The molecule has 1 heterocycles. The van der Waals surface area contributed by atoms with Crippen molar-refractivity contribution in [1.29, 1.82) is 0 Å². The van der Waals surface area contributed by atoms with Crippen molar-refractivity contribution in [3.05, 3.63) is 47.2 Å². The van der Waals surface area contributed by atoms with E-state index in [9.17, 15) is 0 Å². The molecule has 2 aromatic rings. The molecular formula is C13H15N. The minimum atomic E-state index is 1.21. The number of hydrogen-bond donors (Lipinski definition) is 1. The Labute approximate surface area is 84.8 Å². The first-order valence-electron chi connectivity index (χ1n) is 4.90. The summed E-state index contributed by atoms with van der Waals surface area (Å²) in [7, 11) is 0. The lowest BCUT2D eigenvalue weighted by molar-refractivity contribution is 1.25. The summed E-state index contributed by atoms with van der Waals surface area (Å²) in [6, 6.07) is 10.7. The number of aromatic amines is 1. The Morgan fingerprint density at radius 1 is 0.857 bits per heavy atom. The summed E-state index contributed by atoms with van der Waals surface area (Å²) in [4.78, 5) is 3.37. The summed E-state index contributed by atoms with van der Waals surface area (Å²) in [5.41, 5.74) is 6.42. The largest absolute Gasteiger partial charge is 0.359 e. The van der Waals surface area contributed by atoms with Gasteiger partial charge in [-0.1, -0.05) is 18.2 Å². The highest BCUT2D eigenvalue weighted by Gasteiger charge is 2.05. The molecule has 0 amide bonds. The monoisotopic (exact) mass is 185 g/mol. The fraction of sp³-hybridized carbons (Fsp3) is 0.231. The van der Waals surface area contributed by atoms with Crippen LogP contribution in [0.15, 0.2) is 30.3 Å². The maximum absolute atomic E-state index is 3.37. The van der Waals surface area contributed by atoms with Crippen LogP contribution in [0, 0.1) is 20.8 Å². The van der Waals surface area contributed by atoms with E-state index in [1.165, 1.54) is 28.1 Å². The van der Waals surface area contributed by atoms with Gasteiger partial charge < -0.3 is 4.98 Å². The normalized spacial score (nSPS) is 10.5. The predicted molar refractivity (Wildman–Crippen MR) is 60.4 cm³/mol. The lowest BCUT2D eigenvalue weighted by Gasteiger charge is -2.07. The minimum absolute atomic E-state index is 1.21. The van der Waals surface area contributed by atoms with Crippen molar-refractivity contribution in [2.75, 3.05) is 0 Å².